The Morgan fingerprint density at radius 2 is 0.946 bits per heavy atom. The number of thiol groups is 1. The smallest absolute Gasteiger partial charge is 0.127 e. The minimum atomic E-state index is 0.741. The number of unbranched alkanes of at least 4 members (excludes halogenated alkanes) is 10. The Morgan fingerprint density at radius 1 is 0.486 bits per heavy atom. The first-order valence-electron chi connectivity index (χ1n) is 14.5. The maximum atomic E-state index is 6.33. The van der Waals surface area contributed by atoms with Crippen LogP contribution < -0.4 is 9.47 Å². The molecule has 0 radical (unpaired) electrons. The molecule has 200 valence electrons. The van der Waals surface area contributed by atoms with Crippen LogP contribution >= 0.6 is 12.6 Å². The van der Waals surface area contributed by atoms with Crippen LogP contribution in [0.3, 0.4) is 0 Å². The number of hydrogen-bond acceptors (Lipinski definition) is 3. The fraction of sp³-hybridized carbons (Fsp3) is 0.471. The summed E-state index contributed by atoms with van der Waals surface area (Å²) < 4.78 is 12.7. The maximum Gasteiger partial charge on any atom is 0.127 e. The van der Waals surface area contributed by atoms with E-state index in [-0.39, 0.29) is 0 Å². The van der Waals surface area contributed by atoms with Crippen LogP contribution in [-0.2, 0) is 0 Å². The highest BCUT2D eigenvalue weighted by molar-refractivity contribution is 7.80. The molecule has 0 amide bonds. The molecule has 0 aliphatic carbocycles. The first-order chi connectivity index (χ1) is 18.3. The van der Waals surface area contributed by atoms with E-state index >= 15 is 0 Å². The van der Waals surface area contributed by atoms with Crippen LogP contribution in [0.2, 0.25) is 0 Å². The Labute approximate surface area is 231 Å². The number of hydrogen-bond donors (Lipinski definition) is 1. The van der Waals surface area contributed by atoms with E-state index in [2.05, 4.69) is 80.6 Å². The average molecular weight is 519 g/mol. The van der Waals surface area contributed by atoms with Gasteiger partial charge < -0.3 is 9.47 Å². The van der Waals surface area contributed by atoms with Crippen LogP contribution in [-0.4, -0.2) is 13.2 Å². The standard InChI is InChI=1S/C34H46O2S/c1-3-5-7-9-11-17-26-35-31-23-15-13-20-28(31)29-22-19-25-33(37)34(29)30-21-14-16-24-32(30)36-27-18-12-10-8-6-4-2/h13-16,19-25,37H,3-12,17-18,26-27H2,1-2H3. The zero-order valence-corrected chi connectivity index (χ0v) is 23.9. The van der Waals surface area contributed by atoms with E-state index in [1.165, 1.54) is 64.2 Å². The lowest BCUT2D eigenvalue weighted by Crippen LogP contribution is -2.01. The second-order valence-electron chi connectivity index (χ2n) is 9.92. The van der Waals surface area contributed by atoms with Crippen molar-refractivity contribution in [2.45, 2.75) is 95.8 Å². The Bertz CT molecular complexity index is 1050. The molecule has 37 heavy (non-hydrogen) atoms. The summed E-state index contributed by atoms with van der Waals surface area (Å²) in [5.74, 6) is 1.85. The molecule has 0 saturated heterocycles. The highest BCUT2D eigenvalue weighted by atomic mass is 32.1. The topological polar surface area (TPSA) is 18.5 Å². The molecule has 0 bridgehead atoms. The molecule has 3 aromatic rings. The quantitative estimate of drug-likeness (QED) is 0.133. The minimum Gasteiger partial charge on any atom is -0.493 e. The molecular formula is C34H46O2S. The predicted molar refractivity (Wildman–Crippen MR) is 162 cm³/mol. The lowest BCUT2D eigenvalue weighted by Gasteiger charge is -2.19. The Balaban J connectivity index is 1.75. The van der Waals surface area contributed by atoms with Crippen molar-refractivity contribution >= 4 is 12.6 Å². The van der Waals surface area contributed by atoms with E-state index in [1.54, 1.807) is 0 Å². The van der Waals surface area contributed by atoms with Gasteiger partial charge >= 0.3 is 0 Å². The van der Waals surface area contributed by atoms with Crippen LogP contribution in [0.4, 0.5) is 0 Å². The average Bonchev–Trinajstić information content (AvgIpc) is 2.92. The van der Waals surface area contributed by atoms with Gasteiger partial charge in [-0.3, -0.25) is 0 Å². The van der Waals surface area contributed by atoms with Crippen molar-refractivity contribution in [3.05, 3.63) is 66.7 Å². The van der Waals surface area contributed by atoms with Crippen molar-refractivity contribution in [1.82, 2.24) is 0 Å². The monoisotopic (exact) mass is 518 g/mol. The summed E-state index contributed by atoms with van der Waals surface area (Å²) >= 11 is 4.90. The molecule has 3 aromatic carbocycles. The summed E-state index contributed by atoms with van der Waals surface area (Å²) in [6.45, 7) is 6.00. The number of benzene rings is 3. The molecule has 0 saturated carbocycles. The fourth-order valence-corrected chi connectivity index (χ4v) is 5.12. The lowest BCUT2D eigenvalue weighted by molar-refractivity contribution is 0.305. The van der Waals surface area contributed by atoms with Crippen LogP contribution in [0.5, 0.6) is 11.5 Å². The van der Waals surface area contributed by atoms with E-state index in [9.17, 15) is 0 Å². The number of ether oxygens (including phenoxy) is 2. The van der Waals surface area contributed by atoms with E-state index in [1.807, 2.05) is 0 Å². The summed E-state index contributed by atoms with van der Waals surface area (Å²) in [7, 11) is 0. The van der Waals surface area contributed by atoms with Gasteiger partial charge in [-0.05, 0) is 36.6 Å². The summed E-state index contributed by atoms with van der Waals surface area (Å²) in [5.41, 5.74) is 4.41. The normalized spacial score (nSPS) is 11.0. The SMILES string of the molecule is CCCCCCCCOc1ccccc1-c1cccc(S)c1-c1ccccc1OCCCCCCCC. The Morgan fingerprint density at radius 3 is 1.54 bits per heavy atom. The molecule has 3 heteroatoms. The third kappa shape index (κ3) is 9.45. The first kappa shape index (κ1) is 29.2. The van der Waals surface area contributed by atoms with Crippen molar-refractivity contribution in [2.75, 3.05) is 13.2 Å². The van der Waals surface area contributed by atoms with E-state index in [0.717, 1.165) is 64.7 Å². The van der Waals surface area contributed by atoms with Crippen molar-refractivity contribution in [1.29, 1.82) is 0 Å². The van der Waals surface area contributed by atoms with Gasteiger partial charge in [0.25, 0.3) is 0 Å². The molecular weight excluding hydrogens is 472 g/mol. The Hall–Kier alpha value is -2.39. The molecule has 0 spiro atoms. The fourth-order valence-electron chi connectivity index (χ4n) is 4.79. The molecule has 0 unspecified atom stereocenters. The van der Waals surface area contributed by atoms with Gasteiger partial charge in [-0.25, -0.2) is 0 Å². The molecule has 0 aromatic heterocycles. The van der Waals surface area contributed by atoms with E-state index < -0.39 is 0 Å². The second-order valence-corrected chi connectivity index (χ2v) is 10.4. The summed E-state index contributed by atoms with van der Waals surface area (Å²) in [4.78, 5) is 0.943. The largest absolute Gasteiger partial charge is 0.493 e. The van der Waals surface area contributed by atoms with E-state index in [0.29, 0.717) is 0 Å². The van der Waals surface area contributed by atoms with Crippen molar-refractivity contribution < 1.29 is 9.47 Å². The van der Waals surface area contributed by atoms with Crippen molar-refractivity contribution in [3.8, 4) is 33.8 Å². The molecule has 0 aliphatic rings. The van der Waals surface area contributed by atoms with Crippen molar-refractivity contribution in [3.63, 3.8) is 0 Å². The first-order valence-corrected chi connectivity index (χ1v) is 15.0. The van der Waals surface area contributed by atoms with Gasteiger partial charge in [-0.15, -0.1) is 12.6 Å². The zero-order valence-electron chi connectivity index (χ0n) is 23.0. The van der Waals surface area contributed by atoms with Gasteiger partial charge in [0, 0.05) is 21.6 Å². The molecule has 2 nitrogen and oxygen atoms in total. The zero-order chi connectivity index (χ0) is 26.1. The van der Waals surface area contributed by atoms with Crippen LogP contribution in [0.1, 0.15) is 90.9 Å². The van der Waals surface area contributed by atoms with Crippen LogP contribution in [0, 0.1) is 0 Å². The predicted octanol–water partition coefficient (Wildman–Crippen LogP) is 10.8. The molecule has 3 rings (SSSR count). The summed E-state index contributed by atoms with van der Waals surface area (Å²) in [6.07, 6.45) is 15.1. The van der Waals surface area contributed by atoms with Gasteiger partial charge in [-0.2, -0.15) is 0 Å². The Kier molecular flexibility index (Phi) is 13.5. The third-order valence-corrected chi connectivity index (χ3v) is 7.26. The molecule has 0 aliphatic heterocycles. The van der Waals surface area contributed by atoms with Gasteiger partial charge in [0.05, 0.1) is 13.2 Å². The summed E-state index contributed by atoms with van der Waals surface area (Å²) in [6, 6.07) is 23.1. The lowest BCUT2D eigenvalue weighted by atomic mass is 9.93. The highest BCUT2D eigenvalue weighted by Crippen LogP contribution is 2.43. The molecule has 0 atom stereocenters. The molecule has 0 N–H and O–H groups in total. The summed E-state index contributed by atoms with van der Waals surface area (Å²) in [5, 5.41) is 0. The van der Waals surface area contributed by atoms with Gasteiger partial charge in [0.2, 0.25) is 0 Å². The highest BCUT2D eigenvalue weighted by Gasteiger charge is 2.17. The minimum absolute atomic E-state index is 0.741. The number of para-hydroxylation sites is 2. The molecule has 0 heterocycles. The maximum absolute atomic E-state index is 6.33. The van der Waals surface area contributed by atoms with Crippen LogP contribution in [0.25, 0.3) is 22.3 Å². The van der Waals surface area contributed by atoms with Gasteiger partial charge in [0.15, 0.2) is 0 Å². The number of rotatable bonds is 18. The second kappa shape index (κ2) is 17.2. The van der Waals surface area contributed by atoms with E-state index in [4.69, 9.17) is 22.1 Å². The van der Waals surface area contributed by atoms with Crippen molar-refractivity contribution in [2.24, 2.45) is 0 Å². The van der Waals surface area contributed by atoms with Gasteiger partial charge in [0.1, 0.15) is 11.5 Å². The third-order valence-electron chi connectivity index (χ3n) is 6.89. The van der Waals surface area contributed by atoms with Crippen LogP contribution in [0.15, 0.2) is 71.6 Å². The molecule has 0 fully saturated rings. The van der Waals surface area contributed by atoms with Gasteiger partial charge in [-0.1, -0.05) is 127 Å².